The molecule has 0 heterocycles. The van der Waals surface area contributed by atoms with Crippen LogP contribution in [0.4, 0.5) is 13.2 Å². The van der Waals surface area contributed by atoms with E-state index in [0.29, 0.717) is 17.9 Å². The lowest BCUT2D eigenvalue weighted by Gasteiger charge is -2.31. The fraction of sp³-hybridized carbons (Fsp3) is 0.516. The number of halogens is 3. The molecule has 1 N–H and O–H groups in total. The quantitative estimate of drug-likeness (QED) is 0.317. The number of aryl methyl sites for hydroxylation is 1. The van der Waals surface area contributed by atoms with Gasteiger partial charge in [0.15, 0.2) is 0 Å². The maximum atomic E-state index is 13.0. The van der Waals surface area contributed by atoms with Crippen molar-refractivity contribution in [3.05, 3.63) is 64.7 Å². The Kier molecular flexibility index (Phi) is 10.8. The first-order valence-electron chi connectivity index (χ1n) is 13.7. The number of esters is 2. The second-order valence-electron chi connectivity index (χ2n) is 11.3. The largest absolute Gasteiger partial charge is 0.490 e. The number of fused-ring (bicyclic) bond motifs is 1. The third-order valence-corrected chi connectivity index (χ3v) is 6.82. The van der Waals surface area contributed by atoms with E-state index in [2.05, 4.69) is 17.4 Å². The summed E-state index contributed by atoms with van der Waals surface area (Å²) in [5.74, 6) is -2.18. The Bertz CT molecular complexity index is 1230. The van der Waals surface area contributed by atoms with E-state index in [1.807, 2.05) is 32.0 Å². The lowest BCUT2D eigenvalue weighted by atomic mass is 9.88. The molecule has 0 fully saturated rings. The molecular weight excluding hydrogens is 537 g/mol. The van der Waals surface area contributed by atoms with Crippen molar-refractivity contribution in [2.45, 2.75) is 83.7 Å². The van der Waals surface area contributed by atoms with E-state index >= 15 is 0 Å². The minimum atomic E-state index is -5.16. The van der Waals surface area contributed by atoms with E-state index in [9.17, 15) is 28.0 Å². The van der Waals surface area contributed by atoms with Gasteiger partial charge in [-0.3, -0.25) is 4.79 Å². The number of benzene rings is 2. The molecule has 10 heteroatoms. The van der Waals surface area contributed by atoms with Crippen molar-refractivity contribution in [1.29, 1.82) is 5.26 Å². The number of carbonyl (C=O) groups excluding carboxylic acids is 2. The van der Waals surface area contributed by atoms with Gasteiger partial charge in [-0.15, -0.1) is 0 Å². The van der Waals surface area contributed by atoms with E-state index in [-0.39, 0.29) is 36.4 Å². The molecule has 2 aromatic rings. The maximum absolute atomic E-state index is 13.0. The van der Waals surface area contributed by atoms with Gasteiger partial charge in [0.25, 0.3) is 0 Å². The first-order chi connectivity index (χ1) is 19.3. The summed E-state index contributed by atoms with van der Waals surface area (Å²) >= 11 is 0. The predicted octanol–water partition coefficient (Wildman–Crippen LogP) is 5.47. The first kappa shape index (κ1) is 31.9. The molecule has 1 aliphatic rings. The molecule has 0 unspecified atom stereocenters. The molecule has 0 bridgehead atoms. The number of ether oxygens (including phenoxy) is 3. The summed E-state index contributed by atoms with van der Waals surface area (Å²) in [6.07, 6.45) is -3.62. The third kappa shape index (κ3) is 10.1. The molecule has 1 aliphatic carbocycles. The van der Waals surface area contributed by atoms with Crippen molar-refractivity contribution >= 4 is 11.9 Å². The normalized spacial score (nSPS) is 14.3. The molecule has 0 radical (unpaired) electrons. The molecule has 0 saturated carbocycles. The zero-order valence-corrected chi connectivity index (χ0v) is 23.8. The summed E-state index contributed by atoms with van der Waals surface area (Å²) in [7, 11) is 0. The number of alkyl halides is 3. The number of hydrogen-bond acceptors (Lipinski definition) is 7. The molecule has 2 aromatic carbocycles. The van der Waals surface area contributed by atoms with Crippen molar-refractivity contribution in [2.24, 2.45) is 5.92 Å². The molecule has 3 rings (SSSR count). The lowest BCUT2D eigenvalue weighted by molar-refractivity contribution is -0.205. The molecule has 41 heavy (non-hydrogen) atoms. The highest BCUT2D eigenvalue weighted by molar-refractivity contribution is 5.75. The smallest absolute Gasteiger partial charge is 0.488 e. The number of nitriles is 1. The van der Waals surface area contributed by atoms with E-state index in [1.165, 1.54) is 17.2 Å². The van der Waals surface area contributed by atoms with Crippen molar-refractivity contribution in [1.82, 2.24) is 5.32 Å². The van der Waals surface area contributed by atoms with Crippen molar-refractivity contribution in [3.63, 3.8) is 0 Å². The molecular formula is C31H37F3N2O5. The van der Waals surface area contributed by atoms with Crippen LogP contribution >= 0.6 is 0 Å². The van der Waals surface area contributed by atoms with Gasteiger partial charge in [0.05, 0.1) is 11.7 Å². The minimum absolute atomic E-state index is 0.0862. The highest BCUT2D eigenvalue weighted by Gasteiger charge is 2.42. The van der Waals surface area contributed by atoms with Crippen molar-refractivity contribution < 1.29 is 37.0 Å². The van der Waals surface area contributed by atoms with Crippen LogP contribution in [0.3, 0.4) is 0 Å². The van der Waals surface area contributed by atoms with Gasteiger partial charge in [-0.25, -0.2) is 4.79 Å². The van der Waals surface area contributed by atoms with Crippen LogP contribution in [0, 0.1) is 17.2 Å². The molecule has 0 spiro atoms. The van der Waals surface area contributed by atoms with Crippen LogP contribution in [-0.4, -0.2) is 49.0 Å². The maximum Gasteiger partial charge on any atom is 0.490 e. The molecule has 1 atom stereocenters. The topological polar surface area (TPSA) is 97.7 Å². The Morgan fingerprint density at radius 3 is 2.32 bits per heavy atom. The summed E-state index contributed by atoms with van der Waals surface area (Å²) < 4.78 is 54.7. The van der Waals surface area contributed by atoms with Crippen molar-refractivity contribution in [3.8, 4) is 11.8 Å². The predicted molar refractivity (Wildman–Crippen MR) is 146 cm³/mol. The van der Waals surface area contributed by atoms with Gasteiger partial charge in [-0.05, 0) is 88.1 Å². The van der Waals surface area contributed by atoms with Crippen LogP contribution in [0.1, 0.15) is 62.8 Å². The van der Waals surface area contributed by atoms with Gasteiger partial charge in [-0.2, -0.15) is 18.4 Å². The zero-order valence-electron chi connectivity index (χ0n) is 23.8. The Labute approximate surface area is 239 Å². The summed E-state index contributed by atoms with van der Waals surface area (Å²) in [6, 6.07) is 15.0. The van der Waals surface area contributed by atoms with Crippen LogP contribution < -0.4 is 10.1 Å². The van der Waals surface area contributed by atoms with Gasteiger partial charge >= 0.3 is 18.1 Å². The minimum Gasteiger partial charge on any atom is -0.488 e. The monoisotopic (exact) mass is 574 g/mol. The Balaban J connectivity index is 1.65. The summed E-state index contributed by atoms with van der Waals surface area (Å²) in [5.41, 5.74) is 3.00. The zero-order chi connectivity index (χ0) is 30.2. The van der Waals surface area contributed by atoms with E-state index in [4.69, 9.17) is 14.2 Å². The van der Waals surface area contributed by atoms with E-state index in [0.717, 1.165) is 19.3 Å². The SMILES string of the molecule is CC(C)OC(=O)CCc1ccc(C#N)c(OC[C@@H](CNC(C)(C)CC2Cc3ccccc3C2)OC(=O)C(F)(F)F)c1. The Morgan fingerprint density at radius 2 is 1.73 bits per heavy atom. The number of hydrogen-bond donors (Lipinski definition) is 1. The molecule has 0 aromatic heterocycles. The van der Waals surface area contributed by atoms with E-state index < -0.39 is 30.4 Å². The molecule has 0 aliphatic heterocycles. The van der Waals surface area contributed by atoms with Gasteiger partial charge in [0.2, 0.25) is 0 Å². The van der Waals surface area contributed by atoms with Crippen LogP contribution in [0.25, 0.3) is 0 Å². The molecule has 0 saturated heterocycles. The fourth-order valence-electron chi connectivity index (χ4n) is 5.02. The van der Waals surface area contributed by atoms with Crippen LogP contribution in [0.15, 0.2) is 42.5 Å². The van der Waals surface area contributed by atoms with Gasteiger partial charge < -0.3 is 19.5 Å². The Morgan fingerprint density at radius 1 is 1.07 bits per heavy atom. The van der Waals surface area contributed by atoms with Crippen LogP contribution in [0.5, 0.6) is 5.75 Å². The number of nitrogens with zero attached hydrogens (tertiary/aromatic N) is 1. The van der Waals surface area contributed by atoms with Crippen LogP contribution in [-0.2, 0) is 38.3 Å². The summed E-state index contributed by atoms with van der Waals surface area (Å²) in [4.78, 5) is 23.6. The van der Waals surface area contributed by atoms with Gasteiger partial charge in [-0.1, -0.05) is 30.3 Å². The van der Waals surface area contributed by atoms with Gasteiger partial charge in [0, 0.05) is 18.5 Å². The first-order valence-corrected chi connectivity index (χ1v) is 13.7. The summed E-state index contributed by atoms with van der Waals surface area (Å²) in [5, 5.41) is 12.8. The standard InChI is InChI=1S/C31H37F3N2O5/c1-20(2)40-28(37)12-10-21-9-11-25(17-35)27(15-21)39-19-26(41-29(38)31(32,33)34)18-36-30(3,4)16-22-13-23-7-5-6-8-24(23)14-22/h5-9,11,15,20,22,26,36H,10,12-14,16,18-19H2,1-4H3/t26-/m1/s1. The van der Waals surface area contributed by atoms with Crippen LogP contribution in [0.2, 0.25) is 0 Å². The second kappa shape index (κ2) is 13.9. The third-order valence-electron chi connectivity index (χ3n) is 6.82. The highest BCUT2D eigenvalue weighted by atomic mass is 19.4. The second-order valence-corrected chi connectivity index (χ2v) is 11.3. The molecule has 7 nitrogen and oxygen atoms in total. The Hall–Kier alpha value is -3.58. The average molecular weight is 575 g/mol. The number of nitrogens with one attached hydrogen (secondary N) is 1. The molecule has 222 valence electrons. The molecule has 0 amide bonds. The average Bonchev–Trinajstić information content (AvgIpc) is 3.29. The highest BCUT2D eigenvalue weighted by Crippen LogP contribution is 2.32. The summed E-state index contributed by atoms with van der Waals surface area (Å²) in [6.45, 7) is 6.92. The van der Waals surface area contributed by atoms with Gasteiger partial charge in [0.1, 0.15) is 24.5 Å². The number of carbonyl (C=O) groups is 2. The number of rotatable bonds is 13. The van der Waals surface area contributed by atoms with E-state index in [1.54, 1.807) is 26.0 Å². The fourth-order valence-corrected chi connectivity index (χ4v) is 5.02. The lowest BCUT2D eigenvalue weighted by Crippen LogP contribution is -2.48. The van der Waals surface area contributed by atoms with Crippen molar-refractivity contribution in [2.75, 3.05) is 13.2 Å².